The van der Waals surface area contributed by atoms with Crippen LogP contribution in [0.25, 0.3) is 0 Å². The number of anilines is 4. The zero-order valence-electron chi connectivity index (χ0n) is 13.9. The number of aryl methyl sites for hydroxylation is 2. The fourth-order valence-electron chi connectivity index (χ4n) is 2.51. The molecule has 0 amide bonds. The van der Waals surface area contributed by atoms with Crippen LogP contribution in [0.1, 0.15) is 16.7 Å². The Hall–Kier alpha value is -3.59. The third kappa shape index (κ3) is 3.85. The summed E-state index contributed by atoms with van der Waals surface area (Å²) in [5.41, 5.74) is 4.16. The van der Waals surface area contributed by atoms with Gasteiger partial charge < -0.3 is 15.7 Å². The van der Waals surface area contributed by atoms with Crippen molar-refractivity contribution in [2.45, 2.75) is 13.8 Å². The van der Waals surface area contributed by atoms with Gasteiger partial charge >= 0.3 is 0 Å². The number of phenolic OH excluding ortho intramolecular Hbond substituents is 1. The largest absolute Gasteiger partial charge is 0.508 e. The van der Waals surface area contributed by atoms with E-state index in [4.69, 9.17) is 5.26 Å². The zero-order chi connectivity index (χ0) is 17.8. The van der Waals surface area contributed by atoms with E-state index in [0.29, 0.717) is 17.3 Å². The summed E-state index contributed by atoms with van der Waals surface area (Å²) in [6.07, 6.45) is 1.66. The molecule has 0 aliphatic rings. The Morgan fingerprint density at radius 2 is 1.68 bits per heavy atom. The van der Waals surface area contributed by atoms with Crippen molar-refractivity contribution in [3.8, 4) is 11.8 Å². The van der Waals surface area contributed by atoms with Gasteiger partial charge in [0.05, 0.1) is 11.6 Å². The molecule has 0 saturated carbocycles. The number of hydrogen-bond acceptors (Lipinski definition) is 6. The van der Waals surface area contributed by atoms with Gasteiger partial charge in [0.15, 0.2) is 0 Å². The third-order valence-electron chi connectivity index (χ3n) is 3.70. The summed E-state index contributed by atoms with van der Waals surface area (Å²) in [5.74, 6) is 1.33. The van der Waals surface area contributed by atoms with Crippen LogP contribution in [-0.4, -0.2) is 15.1 Å². The van der Waals surface area contributed by atoms with Crippen LogP contribution in [0.3, 0.4) is 0 Å². The molecule has 0 atom stereocenters. The first-order valence-corrected chi connectivity index (χ1v) is 7.72. The first-order chi connectivity index (χ1) is 12.0. The van der Waals surface area contributed by atoms with Gasteiger partial charge in [0, 0.05) is 17.6 Å². The Morgan fingerprint density at radius 3 is 2.32 bits per heavy atom. The highest BCUT2D eigenvalue weighted by molar-refractivity contribution is 5.67. The molecule has 0 spiro atoms. The second-order valence-corrected chi connectivity index (χ2v) is 5.66. The van der Waals surface area contributed by atoms with Crippen molar-refractivity contribution in [2.24, 2.45) is 0 Å². The molecule has 0 fully saturated rings. The number of aromatic hydroxyl groups is 1. The highest BCUT2D eigenvalue weighted by atomic mass is 16.3. The van der Waals surface area contributed by atoms with Gasteiger partial charge in [-0.2, -0.15) is 10.2 Å². The van der Waals surface area contributed by atoms with Gasteiger partial charge in [-0.15, -0.1) is 0 Å². The Balaban J connectivity index is 1.81. The lowest BCUT2D eigenvalue weighted by Gasteiger charge is -2.13. The number of aromatic nitrogens is 2. The minimum absolute atomic E-state index is 0.242. The molecule has 0 unspecified atom stereocenters. The standard InChI is InChI=1S/C19H17N5O/c1-12-9-16(25)10-13(2)18(12)23-17-7-8-21-19(24-17)22-15-5-3-14(11-20)4-6-15/h3-10,25H,1-2H3,(H2,21,22,23,24). The maximum atomic E-state index is 9.65. The fraction of sp³-hybridized carbons (Fsp3) is 0.105. The van der Waals surface area contributed by atoms with Crippen LogP contribution in [-0.2, 0) is 0 Å². The Morgan fingerprint density at radius 1 is 1.00 bits per heavy atom. The molecule has 1 aromatic heterocycles. The molecule has 3 N–H and O–H groups in total. The Kier molecular flexibility index (Phi) is 4.48. The van der Waals surface area contributed by atoms with E-state index in [1.54, 1.807) is 48.7 Å². The number of phenols is 1. The highest BCUT2D eigenvalue weighted by Gasteiger charge is 2.07. The van der Waals surface area contributed by atoms with Crippen LogP contribution >= 0.6 is 0 Å². The van der Waals surface area contributed by atoms with Crippen LogP contribution in [0.2, 0.25) is 0 Å². The minimum atomic E-state index is 0.242. The molecule has 6 nitrogen and oxygen atoms in total. The molecule has 0 saturated heterocycles. The minimum Gasteiger partial charge on any atom is -0.508 e. The third-order valence-corrected chi connectivity index (χ3v) is 3.70. The maximum absolute atomic E-state index is 9.65. The molecule has 25 heavy (non-hydrogen) atoms. The van der Waals surface area contributed by atoms with E-state index < -0.39 is 0 Å². The molecular formula is C19H17N5O. The van der Waals surface area contributed by atoms with Gasteiger partial charge in [0.25, 0.3) is 0 Å². The summed E-state index contributed by atoms with van der Waals surface area (Å²) in [6, 6.07) is 14.3. The number of hydrogen-bond donors (Lipinski definition) is 3. The number of nitriles is 1. The van der Waals surface area contributed by atoms with E-state index >= 15 is 0 Å². The summed E-state index contributed by atoms with van der Waals surface area (Å²) >= 11 is 0. The fourth-order valence-corrected chi connectivity index (χ4v) is 2.51. The monoisotopic (exact) mass is 331 g/mol. The Bertz CT molecular complexity index is 922. The van der Waals surface area contributed by atoms with Gasteiger partial charge in [-0.05, 0) is 67.4 Å². The van der Waals surface area contributed by atoms with Crippen LogP contribution in [0.15, 0.2) is 48.7 Å². The number of rotatable bonds is 4. The van der Waals surface area contributed by atoms with E-state index in [1.165, 1.54) is 0 Å². The summed E-state index contributed by atoms with van der Waals surface area (Å²) in [5, 5.41) is 24.9. The summed E-state index contributed by atoms with van der Waals surface area (Å²) in [6.45, 7) is 3.85. The molecule has 2 aromatic carbocycles. The average Bonchev–Trinajstić information content (AvgIpc) is 2.59. The molecule has 3 aromatic rings. The van der Waals surface area contributed by atoms with Crippen molar-refractivity contribution < 1.29 is 5.11 Å². The van der Waals surface area contributed by atoms with Crippen molar-refractivity contribution in [2.75, 3.05) is 10.6 Å². The van der Waals surface area contributed by atoms with E-state index in [2.05, 4.69) is 26.7 Å². The van der Waals surface area contributed by atoms with E-state index in [1.807, 2.05) is 13.8 Å². The molecule has 0 aliphatic carbocycles. The first kappa shape index (κ1) is 16.3. The highest BCUT2D eigenvalue weighted by Crippen LogP contribution is 2.28. The normalized spacial score (nSPS) is 10.1. The summed E-state index contributed by atoms with van der Waals surface area (Å²) in [4.78, 5) is 8.66. The van der Waals surface area contributed by atoms with Gasteiger partial charge in [0.2, 0.25) is 5.95 Å². The molecule has 1 heterocycles. The molecule has 3 rings (SSSR count). The molecule has 0 aliphatic heterocycles. The smallest absolute Gasteiger partial charge is 0.229 e. The molecule has 0 bridgehead atoms. The van der Waals surface area contributed by atoms with Crippen LogP contribution in [0.4, 0.5) is 23.1 Å². The van der Waals surface area contributed by atoms with Crippen molar-refractivity contribution >= 4 is 23.1 Å². The van der Waals surface area contributed by atoms with E-state index in [-0.39, 0.29) is 5.75 Å². The average molecular weight is 331 g/mol. The SMILES string of the molecule is Cc1cc(O)cc(C)c1Nc1ccnc(Nc2ccc(C#N)cc2)n1. The molecule has 0 radical (unpaired) electrons. The maximum Gasteiger partial charge on any atom is 0.229 e. The lowest BCUT2D eigenvalue weighted by molar-refractivity contribution is 0.474. The van der Waals surface area contributed by atoms with Crippen LogP contribution in [0, 0.1) is 25.2 Å². The topological polar surface area (TPSA) is 93.9 Å². The van der Waals surface area contributed by atoms with E-state index in [9.17, 15) is 5.11 Å². The number of nitrogens with zero attached hydrogens (tertiary/aromatic N) is 3. The van der Waals surface area contributed by atoms with E-state index in [0.717, 1.165) is 22.5 Å². The lowest BCUT2D eigenvalue weighted by Crippen LogP contribution is -2.02. The van der Waals surface area contributed by atoms with Crippen molar-refractivity contribution in [3.05, 3.63) is 65.4 Å². The van der Waals surface area contributed by atoms with Crippen LogP contribution in [0.5, 0.6) is 5.75 Å². The molecular weight excluding hydrogens is 314 g/mol. The second-order valence-electron chi connectivity index (χ2n) is 5.66. The van der Waals surface area contributed by atoms with Gasteiger partial charge in [-0.1, -0.05) is 0 Å². The molecule has 124 valence electrons. The first-order valence-electron chi connectivity index (χ1n) is 7.72. The predicted octanol–water partition coefficient (Wildman–Crippen LogP) is 4.16. The van der Waals surface area contributed by atoms with Crippen molar-refractivity contribution in [1.82, 2.24) is 9.97 Å². The predicted molar refractivity (Wildman–Crippen MR) is 97.3 cm³/mol. The van der Waals surface area contributed by atoms with Crippen molar-refractivity contribution in [3.63, 3.8) is 0 Å². The van der Waals surface area contributed by atoms with Crippen LogP contribution < -0.4 is 10.6 Å². The van der Waals surface area contributed by atoms with Crippen molar-refractivity contribution in [1.29, 1.82) is 5.26 Å². The lowest BCUT2D eigenvalue weighted by atomic mass is 10.1. The zero-order valence-corrected chi connectivity index (χ0v) is 13.9. The second kappa shape index (κ2) is 6.89. The van der Waals surface area contributed by atoms with Gasteiger partial charge in [-0.25, -0.2) is 4.98 Å². The molecule has 6 heteroatoms. The number of benzene rings is 2. The van der Waals surface area contributed by atoms with Gasteiger partial charge in [0.1, 0.15) is 11.6 Å². The quantitative estimate of drug-likeness (QED) is 0.622. The van der Waals surface area contributed by atoms with Gasteiger partial charge in [-0.3, -0.25) is 0 Å². The summed E-state index contributed by atoms with van der Waals surface area (Å²) < 4.78 is 0. The summed E-state index contributed by atoms with van der Waals surface area (Å²) in [7, 11) is 0. The number of nitrogens with one attached hydrogen (secondary N) is 2. The Labute approximate surface area is 145 Å².